The largest absolute Gasteiger partial charge is 0.755 e. The summed E-state index contributed by atoms with van der Waals surface area (Å²) in [6.45, 7) is 1.83. The summed E-state index contributed by atoms with van der Waals surface area (Å²) in [5.74, 6) is -2.56. The number of aromatic hydroxyl groups is 1. The molecule has 152 valence electrons. The van der Waals surface area contributed by atoms with Gasteiger partial charge in [-0.3, -0.25) is 9.00 Å². The van der Waals surface area contributed by atoms with Crippen molar-refractivity contribution in [2.24, 2.45) is 0 Å². The van der Waals surface area contributed by atoms with E-state index < -0.39 is 39.9 Å². The highest BCUT2D eigenvalue weighted by atomic mass is 32.2. The van der Waals surface area contributed by atoms with E-state index >= 15 is 0 Å². The van der Waals surface area contributed by atoms with Crippen molar-refractivity contribution in [3.63, 3.8) is 0 Å². The van der Waals surface area contributed by atoms with Gasteiger partial charge in [0, 0.05) is 34.6 Å². The van der Waals surface area contributed by atoms with E-state index in [1.54, 1.807) is 6.20 Å². The topological polar surface area (TPSA) is 118 Å². The summed E-state index contributed by atoms with van der Waals surface area (Å²) in [5.41, 5.74) is 1.94. The number of phenolic OH excluding ortho intramolecular Hbond substituents is 1. The van der Waals surface area contributed by atoms with Crippen LogP contribution in [0.2, 0.25) is 0 Å². The summed E-state index contributed by atoms with van der Waals surface area (Å²) in [6, 6.07) is 11.6. The molecule has 0 fully saturated rings. The van der Waals surface area contributed by atoms with Crippen LogP contribution in [0.1, 0.15) is 21.5 Å². The molecule has 3 N–H and O–H groups in total. The molecule has 0 amide bonds. The fraction of sp³-hybridized carbons (Fsp3) is 0.0476. The molecule has 2 aromatic heterocycles. The van der Waals surface area contributed by atoms with Crippen LogP contribution in [-0.2, 0) is 11.3 Å². The molecule has 9 heteroatoms. The van der Waals surface area contributed by atoms with Crippen molar-refractivity contribution >= 4 is 33.8 Å². The molecule has 4 rings (SSSR count). The molecule has 0 aliphatic rings. The lowest BCUT2D eigenvalue weighted by molar-refractivity contribution is 0.103. The number of aromatic amines is 1. The van der Waals surface area contributed by atoms with Crippen LogP contribution in [0.3, 0.4) is 0 Å². The molecule has 30 heavy (non-hydrogen) atoms. The second-order valence-corrected chi connectivity index (χ2v) is 7.25. The number of carbonyl (C=O) groups excluding carboxylic acids is 1. The number of rotatable bonds is 5. The van der Waals surface area contributed by atoms with Gasteiger partial charge >= 0.3 is 0 Å². The highest BCUT2D eigenvalue weighted by Crippen LogP contribution is 2.34. The molecule has 0 radical (unpaired) electrons. The number of benzene rings is 2. The van der Waals surface area contributed by atoms with Crippen molar-refractivity contribution in [2.75, 3.05) is 4.72 Å². The summed E-state index contributed by atoms with van der Waals surface area (Å²) in [7, 11) is 0. The van der Waals surface area contributed by atoms with E-state index in [1.807, 2.05) is 42.0 Å². The average Bonchev–Trinajstić information content (AvgIpc) is 3.16. The normalized spacial score (nSPS) is 12.1. The van der Waals surface area contributed by atoms with E-state index in [4.69, 9.17) is 0 Å². The number of pyridine rings is 1. The first-order chi connectivity index (χ1) is 14.4. The van der Waals surface area contributed by atoms with Crippen LogP contribution in [0, 0.1) is 12.7 Å². The van der Waals surface area contributed by atoms with Crippen molar-refractivity contribution in [2.45, 2.75) is 6.92 Å². The standard InChI is InChI=1S/C21H16FN3O4S/c1-11-13(12-5-3-2-4-6-12)9-23-21-17(11)14(10-24-21)20(27)18-16(26)8-7-15(19(18)22)25-30(28)29/h2-10,25-26H,1H3,(H,23,24)(H,28,29)/p-1. The van der Waals surface area contributed by atoms with Crippen molar-refractivity contribution in [3.8, 4) is 16.9 Å². The third-order valence-corrected chi connectivity index (χ3v) is 5.22. The van der Waals surface area contributed by atoms with Crippen LogP contribution in [0.25, 0.3) is 22.2 Å². The van der Waals surface area contributed by atoms with E-state index in [0.29, 0.717) is 11.0 Å². The minimum absolute atomic E-state index is 0.113. The molecule has 2 aromatic carbocycles. The second kappa shape index (κ2) is 7.69. The minimum Gasteiger partial charge on any atom is -0.755 e. The van der Waals surface area contributed by atoms with Gasteiger partial charge in [0.1, 0.15) is 17.0 Å². The highest BCUT2D eigenvalue weighted by Gasteiger charge is 2.25. The fourth-order valence-electron chi connectivity index (χ4n) is 3.43. The molecule has 2 heterocycles. The Balaban J connectivity index is 1.89. The van der Waals surface area contributed by atoms with Gasteiger partial charge in [-0.1, -0.05) is 30.3 Å². The molecule has 1 atom stereocenters. The van der Waals surface area contributed by atoms with Crippen molar-refractivity contribution in [3.05, 3.63) is 77.4 Å². The zero-order chi connectivity index (χ0) is 21.4. The molecule has 0 aliphatic carbocycles. The van der Waals surface area contributed by atoms with E-state index in [9.17, 15) is 23.1 Å². The molecule has 7 nitrogen and oxygen atoms in total. The summed E-state index contributed by atoms with van der Waals surface area (Å²) < 4.78 is 38.5. The number of nitrogens with zero attached hydrogens (tertiary/aromatic N) is 1. The minimum atomic E-state index is -2.79. The maximum Gasteiger partial charge on any atom is 0.202 e. The molecule has 0 saturated heterocycles. The monoisotopic (exact) mass is 424 g/mol. The predicted molar refractivity (Wildman–Crippen MR) is 110 cm³/mol. The molecule has 1 unspecified atom stereocenters. The Kier molecular flexibility index (Phi) is 5.06. The van der Waals surface area contributed by atoms with Gasteiger partial charge < -0.3 is 19.4 Å². The van der Waals surface area contributed by atoms with E-state index in [0.717, 1.165) is 28.8 Å². The van der Waals surface area contributed by atoms with Crippen molar-refractivity contribution in [1.82, 2.24) is 9.97 Å². The number of nitrogens with one attached hydrogen (secondary N) is 2. The number of fused-ring (bicyclic) bond motifs is 1. The summed E-state index contributed by atoms with van der Waals surface area (Å²) in [4.78, 5) is 20.4. The lowest BCUT2D eigenvalue weighted by atomic mass is 9.95. The van der Waals surface area contributed by atoms with Gasteiger partial charge in [0.05, 0.1) is 11.3 Å². The Morgan fingerprint density at radius 3 is 2.67 bits per heavy atom. The molecule has 0 spiro atoms. The number of anilines is 1. The maximum atomic E-state index is 14.8. The number of hydrogen-bond donors (Lipinski definition) is 3. The Labute approximate surface area is 173 Å². The smallest absolute Gasteiger partial charge is 0.202 e. The third-order valence-electron chi connectivity index (χ3n) is 4.83. The van der Waals surface area contributed by atoms with Crippen LogP contribution < -0.4 is 4.72 Å². The molecule has 0 aliphatic heterocycles. The lowest BCUT2D eigenvalue weighted by Gasteiger charge is -2.13. The Morgan fingerprint density at radius 1 is 1.23 bits per heavy atom. The second-order valence-electron chi connectivity index (χ2n) is 6.58. The average molecular weight is 424 g/mol. The molecular formula is C21H15FN3O4S-. The number of aromatic nitrogens is 2. The highest BCUT2D eigenvalue weighted by molar-refractivity contribution is 7.80. The molecule has 0 saturated carbocycles. The van der Waals surface area contributed by atoms with Gasteiger partial charge in [0.2, 0.25) is 5.78 Å². The number of phenols is 1. The summed E-state index contributed by atoms with van der Waals surface area (Å²) in [6.07, 6.45) is 3.08. The van der Waals surface area contributed by atoms with Crippen LogP contribution in [0.15, 0.2) is 54.9 Å². The maximum absolute atomic E-state index is 14.8. The van der Waals surface area contributed by atoms with Crippen LogP contribution in [0.4, 0.5) is 10.1 Å². The third kappa shape index (κ3) is 3.34. The first-order valence-corrected chi connectivity index (χ1v) is 9.90. The van der Waals surface area contributed by atoms with Gasteiger partial charge in [-0.05, 0) is 30.2 Å². The summed E-state index contributed by atoms with van der Waals surface area (Å²) in [5, 5.41) is 10.6. The van der Waals surface area contributed by atoms with Gasteiger partial charge in [-0.2, -0.15) is 0 Å². The Bertz CT molecular complexity index is 1300. The number of carbonyl (C=O) groups is 1. The zero-order valence-electron chi connectivity index (χ0n) is 15.6. The Hall–Kier alpha value is -3.56. The molecular weight excluding hydrogens is 409 g/mol. The first kappa shape index (κ1) is 19.7. The van der Waals surface area contributed by atoms with Gasteiger partial charge in [0.25, 0.3) is 0 Å². The number of ketones is 1. The zero-order valence-corrected chi connectivity index (χ0v) is 16.4. The van der Waals surface area contributed by atoms with E-state index in [-0.39, 0.29) is 5.56 Å². The van der Waals surface area contributed by atoms with Crippen LogP contribution in [0.5, 0.6) is 5.75 Å². The number of hydrogen-bond acceptors (Lipinski definition) is 5. The van der Waals surface area contributed by atoms with Crippen LogP contribution >= 0.6 is 0 Å². The lowest BCUT2D eigenvalue weighted by Crippen LogP contribution is -2.10. The quantitative estimate of drug-likeness (QED) is 0.256. The SMILES string of the molecule is Cc1c(-c2ccccc2)cnc2[nH]cc(C(=O)c3c(O)ccc(NS(=O)[O-])c3F)c12. The summed E-state index contributed by atoms with van der Waals surface area (Å²) >= 11 is -2.79. The molecule has 0 bridgehead atoms. The van der Waals surface area contributed by atoms with Gasteiger partial charge in [0.15, 0.2) is 5.82 Å². The van der Waals surface area contributed by atoms with E-state index in [2.05, 4.69) is 9.97 Å². The fourth-order valence-corrected chi connectivity index (χ4v) is 3.76. The number of halogens is 1. The Morgan fingerprint density at radius 2 is 1.97 bits per heavy atom. The first-order valence-electron chi connectivity index (χ1n) is 8.82. The number of aryl methyl sites for hydroxylation is 1. The van der Waals surface area contributed by atoms with Crippen molar-refractivity contribution < 1.29 is 23.1 Å². The molecule has 4 aromatic rings. The van der Waals surface area contributed by atoms with E-state index in [1.165, 1.54) is 6.20 Å². The van der Waals surface area contributed by atoms with Crippen LogP contribution in [-0.4, -0.2) is 29.6 Å². The predicted octanol–water partition coefficient (Wildman–Crippen LogP) is 3.82. The van der Waals surface area contributed by atoms with Gasteiger partial charge in [-0.15, -0.1) is 0 Å². The van der Waals surface area contributed by atoms with Crippen molar-refractivity contribution in [1.29, 1.82) is 0 Å². The van der Waals surface area contributed by atoms with Gasteiger partial charge in [-0.25, -0.2) is 9.37 Å². The number of H-pyrrole nitrogens is 1.